The molecule has 4 atom stereocenters. The Balaban J connectivity index is 0.00000533. The van der Waals surface area contributed by atoms with E-state index in [0.29, 0.717) is 13.0 Å². The lowest BCUT2D eigenvalue weighted by atomic mass is 9.85. The Bertz CT molecular complexity index is 1120. The summed E-state index contributed by atoms with van der Waals surface area (Å²) in [5.74, 6) is -0.914. The molecular formula is C28H42ClN5O4S. The molecule has 1 aliphatic rings. The van der Waals surface area contributed by atoms with Crippen molar-refractivity contribution >= 4 is 41.5 Å². The molecule has 1 aromatic carbocycles. The summed E-state index contributed by atoms with van der Waals surface area (Å²) >= 11 is 1.59. The van der Waals surface area contributed by atoms with E-state index >= 15 is 0 Å². The van der Waals surface area contributed by atoms with Gasteiger partial charge in [-0.1, -0.05) is 45.0 Å². The second-order valence-electron chi connectivity index (χ2n) is 11.1. The van der Waals surface area contributed by atoms with Crippen LogP contribution in [0.2, 0.25) is 0 Å². The zero-order valence-electron chi connectivity index (χ0n) is 23.4. The maximum Gasteiger partial charge on any atom is 0.246 e. The van der Waals surface area contributed by atoms with Gasteiger partial charge in [-0.05, 0) is 49.8 Å². The Labute approximate surface area is 241 Å². The molecule has 0 spiro atoms. The topological polar surface area (TPSA) is 138 Å². The van der Waals surface area contributed by atoms with Gasteiger partial charge in [0.1, 0.15) is 12.1 Å². The number of β-amino-alcohol motifs (C(OH)–C–C–N with tert-alkyl or cyclic N) is 1. The number of nitrogens with zero attached hydrogens (tertiary/aromatic N) is 2. The maximum absolute atomic E-state index is 13.6. The highest BCUT2D eigenvalue weighted by atomic mass is 35.5. The van der Waals surface area contributed by atoms with Crippen molar-refractivity contribution in [3.63, 3.8) is 0 Å². The first kappa shape index (κ1) is 32.7. The largest absolute Gasteiger partial charge is 0.391 e. The molecular weight excluding hydrogens is 538 g/mol. The number of halogens is 1. The molecule has 1 fully saturated rings. The number of aryl methyl sites for hydroxylation is 1. The summed E-state index contributed by atoms with van der Waals surface area (Å²) < 4.78 is 0. The van der Waals surface area contributed by atoms with E-state index in [2.05, 4.69) is 15.6 Å². The molecule has 5 N–H and O–H groups in total. The lowest BCUT2D eigenvalue weighted by Crippen LogP contribution is -2.57. The van der Waals surface area contributed by atoms with E-state index in [1.807, 2.05) is 64.4 Å². The normalized spacial score (nSPS) is 18.7. The number of unbranched alkanes of at least 4 members (excludes halogenated alkanes) is 1. The highest BCUT2D eigenvalue weighted by Crippen LogP contribution is 2.29. The number of likely N-dealkylation sites (tertiary alicyclic amines) is 1. The van der Waals surface area contributed by atoms with Crippen molar-refractivity contribution in [2.45, 2.75) is 84.5 Å². The second-order valence-corrected chi connectivity index (χ2v) is 12.0. The molecule has 9 nitrogen and oxygen atoms in total. The first-order chi connectivity index (χ1) is 17.9. The number of aliphatic hydroxyl groups is 1. The minimum Gasteiger partial charge on any atom is -0.391 e. The lowest BCUT2D eigenvalue weighted by Gasteiger charge is -2.35. The summed E-state index contributed by atoms with van der Waals surface area (Å²) in [6, 6.07) is 6.03. The van der Waals surface area contributed by atoms with Gasteiger partial charge in [0.05, 0.1) is 28.2 Å². The number of carbonyl (C=O) groups excluding carboxylic acids is 3. The average Bonchev–Trinajstić information content (AvgIpc) is 3.47. The monoisotopic (exact) mass is 579 g/mol. The van der Waals surface area contributed by atoms with Gasteiger partial charge in [-0.15, -0.1) is 23.7 Å². The molecule has 0 aliphatic carbocycles. The van der Waals surface area contributed by atoms with Crippen LogP contribution in [0.25, 0.3) is 10.4 Å². The Morgan fingerprint density at radius 1 is 1.18 bits per heavy atom. The van der Waals surface area contributed by atoms with Crippen molar-refractivity contribution in [3.05, 3.63) is 41.0 Å². The summed E-state index contributed by atoms with van der Waals surface area (Å²) in [7, 11) is 0. The van der Waals surface area contributed by atoms with Crippen LogP contribution in [0.15, 0.2) is 29.8 Å². The fourth-order valence-corrected chi connectivity index (χ4v) is 5.49. The number of aliphatic hydroxyl groups excluding tert-OH is 1. The number of aromatic nitrogens is 1. The SMILES string of the molecule is Cc1ncsc1-c1ccc([C@H](C)NC(=O)[C@@H]2C[C@H](O)CN2C(=O)[C@@H](NC(=O)CCCCN)C(C)(C)C)cc1.Cl. The molecule has 2 heterocycles. The smallest absolute Gasteiger partial charge is 0.246 e. The lowest BCUT2D eigenvalue weighted by molar-refractivity contribution is -0.144. The molecule has 2 aromatic rings. The van der Waals surface area contributed by atoms with Gasteiger partial charge in [-0.25, -0.2) is 4.98 Å². The van der Waals surface area contributed by atoms with E-state index in [-0.39, 0.29) is 55.6 Å². The summed E-state index contributed by atoms with van der Waals surface area (Å²) in [6.45, 7) is 10.0. The van der Waals surface area contributed by atoms with Gasteiger partial charge in [-0.2, -0.15) is 0 Å². The zero-order valence-corrected chi connectivity index (χ0v) is 25.0. The van der Waals surface area contributed by atoms with Crippen LogP contribution in [0.1, 0.15) is 70.7 Å². The number of rotatable bonds is 10. The van der Waals surface area contributed by atoms with Crippen LogP contribution < -0.4 is 16.4 Å². The maximum atomic E-state index is 13.6. The molecule has 1 saturated heterocycles. The van der Waals surface area contributed by atoms with E-state index < -0.39 is 23.6 Å². The standard InChI is InChI=1S/C28H41N5O4S.ClH/c1-17(19-9-11-20(12-10-19)24-18(2)30-16-38-24)31-26(36)22-14-21(34)15-33(22)27(37)25(28(3,4)5)32-23(35)8-6-7-13-29;/h9-12,16-17,21-22,25,34H,6-8,13-15,29H2,1-5H3,(H,31,36)(H,32,35);1H/t17-,21-,22-,25+;/m0./s1. The molecule has 3 rings (SSSR count). The third-order valence-corrected chi connectivity index (χ3v) is 7.90. The van der Waals surface area contributed by atoms with Crippen molar-refractivity contribution < 1.29 is 19.5 Å². The number of nitrogens with two attached hydrogens (primary N) is 1. The van der Waals surface area contributed by atoms with Crippen molar-refractivity contribution in [2.24, 2.45) is 11.1 Å². The number of hydrogen-bond acceptors (Lipinski definition) is 7. The van der Waals surface area contributed by atoms with Crippen LogP contribution in [-0.4, -0.2) is 64.0 Å². The molecule has 39 heavy (non-hydrogen) atoms. The molecule has 0 saturated carbocycles. The number of amides is 3. The molecule has 0 bridgehead atoms. The predicted molar refractivity (Wildman–Crippen MR) is 157 cm³/mol. The molecule has 0 unspecified atom stereocenters. The Morgan fingerprint density at radius 2 is 1.85 bits per heavy atom. The molecule has 216 valence electrons. The highest BCUT2D eigenvalue weighted by molar-refractivity contribution is 7.13. The van der Waals surface area contributed by atoms with E-state index in [1.165, 1.54) is 4.90 Å². The molecule has 0 radical (unpaired) electrons. The summed E-state index contributed by atoms with van der Waals surface area (Å²) in [4.78, 5) is 46.4. The van der Waals surface area contributed by atoms with E-state index in [1.54, 1.807) is 11.3 Å². The third-order valence-electron chi connectivity index (χ3n) is 6.92. The van der Waals surface area contributed by atoms with Gasteiger partial charge in [0.15, 0.2) is 0 Å². The number of benzene rings is 1. The number of carbonyl (C=O) groups is 3. The minimum atomic E-state index is -0.825. The number of hydrogen-bond donors (Lipinski definition) is 4. The van der Waals surface area contributed by atoms with Crippen LogP contribution in [-0.2, 0) is 14.4 Å². The molecule has 1 aliphatic heterocycles. The first-order valence-corrected chi connectivity index (χ1v) is 14.1. The van der Waals surface area contributed by atoms with Crippen LogP contribution in [0.5, 0.6) is 0 Å². The van der Waals surface area contributed by atoms with Gasteiger partial charge in [0, 0.05) is 19.4 Å². The number of nitrogens with one attached hydrogen (secondary N) is 2. The van der Waals surface area contributed by atoms with Gasteiger partial charge in [0.2, 0.25) is 17.7 Å². The quantitative estimate of drug-likeness (QED) is 0.319. The average molecular weight is 580 g/mol. The van der Waals surface area contributed by atoms with Gasteiger partial charge in [-0.3, -0.25) is 14.4 Å². The van der Waals surface area contributed by atoms with Gasteiger partial charge < -0.3 is 26.4 Å². The second kappa shape index (κ2) is 14.2. The number of thiazole rings is 1. The fourth-order valence-electron chi connectivity index (χ4n) is 4.68. The van der Waals surface area contributed by atoms with E-state index in [9.17, 15) is 19.5 Å². The van der Waals surface area contributed by atoms with Crippen LogP contribution in [0, 0.1) is 12.3 Å². The molecule has 11 heteroatoms. The Morgan fingerprint density at radius 3 is 2.41 bits per heavy atom. The summed E-state index contributed by atoms with van der Waals surface area (Å²) in [5.41, 5.74) is 9.74. The summed E-state index contributed by atoms with van der Waals surface area (Å²) in [6.07, 6.45) is 0.988. The molecule has 1 aromatic heterocycles. The third kappa shape index (κ3) is 8.48. The predicted octanol–water partition coefficient (Wildman–Crippen LogP) is 3.34. The zero-order chi connectivity index (χ0) is 28.0. The fraction of sp³-hybridized carbons (Fsp3) is 0.571. The van der Waals surface area contributed by atoms with Gasteiger partial charge >= 0.3 is 0 Å². The summed E-state index contributed by atoms with van der Waals surface area (Å²) in [5, 5.41) is 16.3. The first-order valence-electron chi connectivity index (χ1n) is 13.2. The molecule has 3 amide bonds. The van der Waals surface area contributed by atoms with Crippen molar-refractivity contribution in [2.75, 3.05) is 13.1 Å². The van der Waals surface area contributed by atoms with Crippen LogP contribution in [0.4, 0.5) is 0 Å². The van der Waals surface area contributed by atoms with Crippen molar-refractivity contribution in [1.29, 1.82) is 0 Å². The Hall–Kier alpha value is -2.53. The van der Waals surface area contributed by atoms with Crippen molar-refractivity contribution in [3.8, 4) is 10.4 Å². The van der Waals surface area contributed by atoms with E-state index in [4.69, 9.17) is 5.73 Å². The van der Waals surface area contributed by atoms with E-state index in [0.717, 1.165) is 28.1 Å². The van der Waals surface area contributed by atoms with Gasteiger partial charge in [0.25, 0.3) is 0 Å². The Kier molecular flexibility index (Phi) is 11.9. The van der Waals surface area contributed by atoms with Crippen molar-refractivity contribution in [1.82, 2.24) is 20.5 Å². The highest BCUT2D eigenvalue weighted by Gasteiger charge is 2.44. The minimum absolute atomic E-state index is 0. The van der Waals surface area contributed by atoms with Crippen LogP contribution >= 0.6 is 23.7 Å². The van der Waals surface area contributed by atoms with Crippen LogP contribution in [0.3, 0.4) is 0 Å².